The largest absolute Gasteiger partial charge is 0.478 e. The Bertz CT molecular complexity index is 1470. The van der Waals surface area contributed by atoms with Crippen LogP contribution in [-0.4, -0.2) is 21.7 Å². The number of carboxylic acids is 1. The molecule has 0 aliphatic heterocycles. The molecule has 0 unspecified atom stereocenters. The minimum Gasteiger partial charge on any atom is -0.478 e. The highest BCUT2D eigenvalue weighted by Crippen LogP contribution is 2.28. The lowest BCUT2D eigenvalue weighted by atomic mass is 10.0. The predicted molar refractivity (Wildman–Crippen MR) is 137 cm³/mol. The van der Waals surface area contributed by atoms with Crippen molar-refractivity contribution in [3.05, 3.63) is 102 Å². The van der Waals surface area contributed by atoms with E-state index in [1.165, 1.54) is 24.6 Å². The number of ether oxygens (including phenoxy) is 1. The molecule has 0 saturated heterocycles. The second-order valence-electron chi connectivity index (χ2n) is 9.02. The highest BCUT2D eigenvalue weighted by atomic mass is 16.5. The Morgan fingerprint density at radius 2 is 1.69 bits per heavy atom. The van der Waals surface area contributed by atoms with E-state index in [-0.39, 0.29) is 0 Å². The molecule has 6 heteroatoms. The van der Waals surface area contributed by atoms with Crippen LogP contribution in [0.1, 0.15) is 25.0 Å². The molecule has 0 fully saturated rings. The maximum absolute atomic E-state index is 11.5. The minimum atomic E-state index is -1.33. The van der Waals surface area contributed by atoms with Crippen molar-refractivity contribution in [3.63, 3.8) is 0 Å². The van der Waals surface area contributed by atoms with Crippen LogP contribution in [-0.2, 0) is 17.9 Å². The van der Waals surface area contributed by atoms with Crippen molar-refractivity contribution >= 4 is 33.9 Å². The number of hydrogen-bond donors (Lipinski definition) is 1. The maximum atomic E-state index is 11.5. The molecule has 1 aromatic heterocycles. The summed E-state index contributed by atoms with van der Waals surface area (Å²) < 4.78 is 11.9. The van der Waals surface area contributed by atoms with Crippen LogP contribution in [0.5, 0.6) is 5.75 Å². The van der Waals surface area contributed by atoms with Crippen molar-refractivity contribution in [2.24, 2.45) is 0 Å². The highest BCUT2D eigenvalue weighted by molar-refractivity contribution is 5.86. The van der Waals surface area contributed by atoms with E-state index in [0.29, 0.717) is 24.9 Å². The zero-order valence-electron chi connectivity index (χ0n) is 19.6. The van der Waals surface area contributed by atoms with Crippen molar-refractivity contribution < 1.29 is 19.1 Å². The van der Waals surface area contributed by atoms with Gasteiger partial charge in [0.2, 0.25) is 0 Å². The number of hydrogen-bond acceptors (Lipinski definition) is 5. The van der Waals surface area contributed by atoms with E-state index < -0.39 is 11.6 Å². The lowest BCUT2D eigenvalue weighted by Crippen LogP contribution is -2.37. The van der Waals surface area contributed by atoms with E-state index in [1.54, 1.807) is 6.07 Å². The molecule has 1 heterocycles. The number of benzene rings is 4. The predicted octanol–water partition coefficient (Wildman–Crippen LogP) is 6.43. The standard InChI is InChI=1S/C29H26N2O4/c1-29(2,27(32)33)35-23-13-7-9-20(17-23)18-31(28-30-25-15-5-6-16-26(25)34-28)19-22-12-8-11-21-10-3-4-14-24(21)22/h3-17H,18-19H2,1-2H3,(H,32,33). The van der Waals surface area contributed by atoms with E-state index in [0.717, 1.165) is 22.2 Å². The molecular formula is C29H26N2O4. The number of para-hydroxylation sites is 2. The quantitative estimate of drug-likeness (QED) is 0.284. The number of carbonyl (C=O) groups is 1. The number of oxazole rings is 1. The van der Waals surface area contributed by atoms with E-state index in [4.69, 9.17) is 14.1 Å². The number of fused-ring (bicyclic) bond motifs is 2. The van der Waals surface area contributed by atoms with Crippen LogP contribution in [0.25, 0.3) is 21.9 Å². The first-order valence-corrected chi connectivity index (χ1v) is 11.5. The zero-order chi connectivity index (χ0) is 24.4. The van der Waals surface area contributed by atoms with Crippen molar-refractivity contribution in [3.8, 4) is 5.75 Å². The summed E-state index contributed by atoms with van der Waals surface area (Å²) in [6.07, 6.45) is 0. The molecule has 35 heavy (non-hydrogen) atoms. The highest BCUT2D eigenvalue weighted by Gasteiger charge is 2.29. The normalized spacial score (nSPS) is 11.6. The lowest BCUT2D eigenvalue weighted by molar-refractivity contribution is -0.152. The van der Waals surface area contributed by atoms with Gasteiger partial charge in [-0.05, 0) is 60.0 Å². The summed E-state index contributed by atoms with van der Waals surface area (Å²) in [6.45, 7) is 4.15. The van der Waals surface area contributed by atoms with Crippen LogP contribution in [0, 0.1) is 0 Å². The van der Waals surface area contributed by atoms with Gasteiger partial charge < -0.3 is 19.2 Å². The van der Waals surface area contributed by atoms with Gasteiger partial charge in [-0.15, -0.1) is 0 Å². The SMILES string of the molecule is CC(C)(Oc1cccc(CN(Cc2cccc3ccccc23)c2nc3ccccc3o2)c1)C(=O)O. The van der Waals surface area contributed by atoms with Gasteiger partial charge in [-0.1, -0.05) is 66.7 Å². The summed E-state index contributed by atoms with van der Waals surface area (Å²) in [5.74, 6) is -0.524. The Hall–Kier alpha value is -4.32. The summed E-state index contributed by atoms with van der Waals surface area (Å²) in [7, 11) is 0. The molecule has 0 radical (unpaired) electrons. The molecule has 5 aromatic rings. The fourth-order valence-corrected chi connectivity index (χ4v) is 4.09. The Kier molecular flexibility index (Phi) is 5.87. The molecule has 4 aromatic carbocycles. The van der Waals surface area contributed by atoms with Crippen molar-refractivity contribution in [2.75, 3.05) is 4.90 Å². The van der Waals surface area contributed by atoms with Gasteiger partial charge in [0.1, 0.15) is 11.3 Å². The van der Waals surface area contributed by atoms with Crippen LogP contribution < -0.4 is 9.64 Å². The van der Waals surface area contributed by atoms with Crippen molar-refractivity contribution in [1.82, 2.24) is 4.98 Å². The number of carboxylic acid groups (broad SMARTS) is 1. The van der Waals surface area contributed by atoms with Gasteiger partial charge in [0.05, 0.1) is 0 Å². The molecule has 0 aliphatic carbocycles. The first-order valence-electron chi connectivity index (χ1n) is 11.5. The number of nitrogens with zero attached hydrogens (tertiary/aromatic N) is 2. The minimum absolute atomic E-state index is 0.498. The van der Waals surface area contributed by atoms with Crippen molar-refractivity contribution in [1.29, 1.82) is 0 Å². The number of aliphatic carboxylic acids is 1. The van der Waals surface area contributed by atoms with E-state index in [9.17, 15) is 9.90 Å². The molecule has 0 bridgehead atoms. The maximum Gasteiger partial charge on any atom is 0.347 e. The molecule has 0 spiro atoms. The van der Waals surface area contributed by atoms with Gasteiger partial charge in [-0.25, -0.2) is 4.79 Å². The van der Waals surface area contributed by atoms with E-state index in [2.05, 4.69) is 35.2 Å². The Labute approximate surface area is 203 Å². The number of anilines is 1. The smallest absolute Gasteiger partial charge is 0.347 e. The van der Waals surface area contributed by atoms with Crippen LogP contribution in [0.3, 0.4) is 0 Å². The fourth-order valence-electron chi connectivity index (χ4n) is 4.09. The summed E-state index contributed by atoms with van der Waals surface area (Å²) in [5.41, 5.74) is 2.30. The molecular weight excluding hydrogens is 440 g/mol. The van der Waals surface area contributed by atoms with Gasteiger partial charge >= 0.3 is 5.97 Å². The fraction of sp³-hybridized carbons (Fsp3) is 0.172. The second-order valence-corrected chi connectivity index (χ2v) is 9.02. The topological polar surface area (TPSA) is 75.8 Å². The second kappa shape index (κ2) is 9.14. The van der Waals surface area contributed by atoms with Gasteiger partial charge in [0.15, 0.2) is 11.2 Å². The van der Waals surface area contributed by atoms with Gasteiger partial charge in [-0.3, -0.25) is 0 Å². The Morgan fingerprint density at radius 3 is 2.51 bits per heavy atom. The molecule has 0 saturated carbocycles. The average Bonchev–Trinajstić information content (AvgIpc) is 3.28. The third-order valence-electron chi connectivity index (χ3n) is 5.95. The molecule has 1 N–H and O–H groups in total. The monoisotopic (exact) mass is 466 g/mol. The van der Waals surface area contributed by atoms with Gasteiger partial charge in [-0.2, -0.15) is 4.98 Å². The third kappa shape index (κ3) is 4.82. The van der Waals surface area contributed by atoms with Crippen LogP contribution >= 0.6 is 0 Å². The van der Waals surface area contributed by atoms with Crippen LogP contribution in [0.4, 0.5) is 6.01 Å². The molecule has 0 amide bonds. The molecule has 176 valence electrons. The molecule has 5 rings (SSSR count). The Morgan fingerprint density at radius 1 is 0.943 bits per heavy atom. The number of aromatic nitrogens is 1. The first kappa shape index (κ1) is 22.5. The van der Waals surface area contributed by atoms with Crippen LogP contribution in [0.15, 0.2) is 95.4 Å². The van der Waals surface area contributed by atoms with Gasteiger partial charge in [0, 0.05) is 13.1 Å². The van der Waals surface area contributed by atoms with Crippen molar-refractivity contribution in [2.45, 2.75) is 32.5 Å². The summed E-state index contributed by atoms with van der Waals surface area (Å²) in [4.78, 5) is 18.3. The summed E-state index contributed by atoms with van der Waals surface area (Å²) in [6, 6.07) is 30.3. The molecule has 6 nitrogen and oxygen atoms in total. The summed E-state index contributed by atoms with van der Waals surface area (Å²) in [5, 5.41) is 11.8. The first-order chi connectivity index (χ1) is 16.9. The van der Waals surface area contributed by atoms with E-state index in [1.807, 2.05) is 54.6 Å². The molecule has 0 aliphatic rings. The molecule has 0 atom stereocenters. The van der Waals surface area contributed by atoms with E-state index >= 15 is 0 Å². The zero-order valence-corrected chi connectivity index (χ0v) is 19.6. The average molecular weight is 467 g/mol. The van der Waals surface area contributed by atoms with Gasteiger partial charge in [0.25, 0.3) is 6.01 Å². The third-order valence-corrected chi connectivity index (χ3v) is 5.95. The van der Waals surface area contributed by atoms with Crippen LogP contribution in [0.2, 0.25) is 0 Å². The Balaban J connectivity index is 1.51. The lowest BCUT2D eigenvalue weighted by Gasteiger charge is -2.24. The number of rotatable bonds is 8. The summed E-state index contributed by atoms with van der Waals surface area (Å²) >= 11 is 0.